The van der Waals surface area contributed by atoms with Crippen LogP contribution in [0, 0.1) is 0 Å². The summed E-state index contributed by atoms with van der Waals surface area (Å²) in [6, 6.07) is 0. The van der Waals surface area contributed by atoms with Gasteiger partial charge < -0.3 is 10.1 Å². The van der Waals surface area contributed by atoms with E-state index in [9.17, 15) is 9.18 Å². The second-order valence-electron chi connectivity index (χ2n) is 2.38. The number of halogens is 2. The van der Waals surface area contributed by atoms with Crippen molar-refractivity contribution in [1.29, 1.82) is 0 Å². The molecule has 1 fully saturated rings. The fraction of sp³-hybridized carbons (Fsp3) is 0.833. The van der Waals surface area contributed by atoms with Gasteiger partial charge in [0.15, 0.2) is 0 Å². The van der Waals surface area contributed by atoms with Crippen molar-refractivity contribution in [2.75, 3.05) is 20.2 Å². The molecule has 0 aromatic heterocycles. The molecule has 0 aromatic carbocycles. The van der Waals surface area contributed by atoms with E-state index >= 15 is 0 Å². The summed E-state index contributed by atoms with van der Waals surface area (Å²) in [5.41, 5.74) is -1.77. The van der Waals surface area contributed by atoms with Crippen molar-refractivity contribution in [2.24, 2.45) is 0 Å². The Kier molecular flexibility index (Phi) is 3.75. The van der Waals surface area contributed by atoms with Gasteiger partial charge in [0.2, 0.25) is 5.67 Å². The first-order valence-electron chi connectivity index (χ1n) is 3.17. The molecule has 1 aliphatic heterocycles. The number of methoxy groups -OCH3 is 1. The first-order chi connectivity index (χ1) is 4.69. The van der Waals surface area contributed by atoms with E-state index < -0.39 is 11.6 Å². The van der Waals surface area contributed by atoms with Crippen molar-refractivity contribution in [3.8, 4) is 0 Å². The number of carbonyl (C=O) groups is 1. The van der Waals surface area contributed by atoms with Gasteiger partial charge in [0.25, 0.3) is 0 Å². The van der Waals surface area contributed by atoms with Crippen molar-refractivity contribution >= 4 is 18.4 Å². The van der Waals surface area contributed by atoms with Crippen LogP contribution in [-0.2, 0) is 9.53 Å². The monoisotopic (exact) mass is 183 g/mol. The quantitative estimate of drug-likeness (QED) is 0.594. The van der Waals surface area contributed by atoms with Gasteiger partial charge in [-0.15, -0.1) is 12.4 Å². The van der Waals surface area contributed by atoms with E-state index in [2.05, 4.69) is 10.1 Å². The van der Waals surface area contributed by atoms with Crippen molar-refractivity contribution in [3.63, 3.8) is 0 Å². The normalized spacial score (nSPS) is 29.3. The largest absolute Gasteiger partial charge is 0.467 e. The summed E-state index contributed by atoms with van der Waals surface area (Å²) < 4.78 is 17.5. The molecule has 1 heterocycles. The molecule has 0 aliphatic carbocycles. The van der Waals surface area contributed by atoms with Crippen LogP contribution in [0.25, 0.3) is 0 Å². The molecular weight excluding hydrogens is 173 g/mol. The Morgan fingerprint density at radius 2 is 2.36 bits per heavy atom. The number of nitrogens with one attached hydrogen (secondary N) is 1. The smallest absolute Gasteiger partial charge is 0.345 e. The van der Waals surface area contributed by atoms with Crippen molar-refractivity contribution in [3.05, 3.63) is 0 Å². The van der Waals surface area contributed by atoms with Crippen LogP contribution in [0.3, 0.4) is 0 Å². The molecule has 1 saturated heterocycles. The predicted molar refractivity (Wildman–Crippen MR) is 40.6 cm³/mol. The fourth-order valence-electron chi connectivity index (χ4n) is 1.02. The highest BCUT2D eigenvalue weighted by Crippen LogP contribution is 2.20. The summed E-state index contributed by atoms with van der Waals surface area (Å²) in [7, 11) is 1.20. The second-order valence-corrected chi connectivity index (χ2v) is 2.38. The van der Waals surface area contributed by atoms with Gasteiger partial charge in [0, 0.05) is 13.0 Å². The maximum atomic E-state index is 13.2. The van der Waals surface area contributed by atoms with Gasteiger partial charge in [-0.25, -0.2) is 9.18 Å². The van der Waals surface area contributed by atoms with E-state index in [1.165, 1.54) is 7.11 Å². The van der Waals surface area contributed by atoms with Crippen LogP contribution >= 0.6 is 12.4 Å². The van der Waals surface area contributed by atoms with Crippen LogP contribution in [0.5, 0.6) is 0 Å². The minimum atomic E-state index is -1.77. The van der Waals surface area contributed by atoms with Crippen LogP contribution in [0.4, 0.5) is 4.39 Å². The van der Waals surface area contributed by atoms with Gasteiger partial charge in [-0.05, 0) is 6.54 Å². The van der Waals surface area contributed by atoms with Gasteiger partial charge in [0.05, 0.1) is 7.11 Å². The fourth-order valence-corrected chi connectivity index (χ4v) is 1.02. The van der Waals surface area contributed by atoms with Gasteiger partial charge >= 0.3 is 5.97 Å². The Labute approximate surface area is 70.7 Å². The molecule has 0 amide bonds. The molecule has 0 spiro atoms. The van der Waals surface area contributed by atoms with Gasteiger partial charge in [-0.1, -0.05) is 0 Å². The zero-order valence-corrected chi connectivity index (χ0v) is 7.04. The van der Waals surface area contributed by atoms with E-state index in [1.54, 1.807) is 0 Å². The summed E-state index contributed by atoms with van der Waals surface area (Å²) in [5, 5.41) is 2.75. The van der Waals surface area contributed by atoms with E-state index in [1.807, 2.05) is 0 Å². The molecule has 0 saturated carbocycles. The molecule has 66 valence electrons. The first kappa shape index (κ1) is 10.7. The maximum Gasteiger partial charge on any atom is 0.345 e. The van der Waals surface area contributed by atoms with E-state index in [0.29, 0.717) is 6.54 Å². The van der Waals surface area contributed by atoms with E-state index in [4.69, 9.17) is 0 Å². The molecule has 1 N–H and O–H groups in total. The third-order valence-corrected chi connectivity index (χ3v) is 1.65. The lowest BCUT2D eigenvalue weighted by Gasteiger charge is -2.13. The molecule has 1 aliphatic rings. The minimum Gasteiger partial charge on any atom is -0.467 e. The number of alkyl halides is 1. The summed E-state index contributed by atoms with van der Waals surface area (Å²) in [6.45, 7) is 0.630. The maximum absolute atomic E-state index is 13.2. The molecule has 0 aromatic rings. The van der Waals surface area contributed by atoms with E-state index in [-0.39, 0.29) is 25.4 Å². The minimum absolute atomic E-state index is 0. The molecule has 11 heavy (non-hydrogen) atoms. The number of ether oxygens (including phenoxy) is 1. The van der Waals surface area contributed by atoms with Crippen LogP contribution in [0.1, 0.15) is 6.42 Å². The van der Waals surface area contributed by atoms with Crippen LogP contribution in [-0.4, -0.2) is 31.8 Å². The predicted octanol–water partition coefficient (Wildman–Crippen LogP) is 0.283. The summed E-state index contributed by atoms with van der Waals surface area (Å²) >= 11 is 0. The SMILES string of the molecule is COC(=O)C1(F)CCNC1.Cl. The highest BCUT2D eigenvalue weighted by Gasteiger charge is 2.42. The van der Waals surface area contributed by atoms with Gasteiger partial charge in [-0.3, -0.25) is 0 Å². The Hall–Kier alpha value is -0.350. The Morgan fingerprint density at radius 1 is 1.73 bits per heavy atom. The standard InChI is InChI=1S/C6H10FNO2.ClH/c1-10-5(9)6(7)2-3-8-4-6;/h8H,2-4H2,1H3;1H. The van der Waals surface area contributed by atoms with Crippen molar-refractivity contribution < 1.29 is 13.9 Å². The zero-order chi connectivity index (χ0) is 7.61. The molecular formula is C6H11ClFNO2. The zero-order valence-electron chi connectivity index (χ0n) is 6.22. The molecule has 3 nitrogen and oxygen atoms in total. The second kappa shape index (κ2) is 3.88. The lowest BCUT2D eigenvalue weighted by atomic mass is 10.1. The highest BCUT2D eigenvalue weighted by atomic mass is 35.5. The van der Waals surface area contributed by atoms with Crippen LogP contribution in [0.2, 0.25) is 0 Å². The number of esters is 1. The molecule has 1 atom stereocenters. The molecule has 0 bridgehead atoms. The number of hydrogen-bond acceptors (Lipinski definition) is 3. The van der Waals surface area contributed by atoms with Gasteiger partial charge in [-0.2, -0.15) is 0 Å². The Morgan fingerprint density at radius 3 is 2.73 bits per heavy atom. The summed E-state index contributed by atoms with van der Waals surface area (Å²) in [4.78, 5) is 10.7. The molecule has 5 heteroatoms. The third kappa shape index (κ3) is 2.04. The lowest BCUT2D eigenvalue weighted by molar-refractivity contribution is -0.153. The Bertz CT molecular complexity index is 148. The highest BCUT2D eigenvalue weighted by molar-refractivity contribution is 5.85. The summed E-state index contributed by atoms with van der Waals surface area (Å²) in [5.74, 6) is -0.766. The van der Waals surface area contributed by atoms with Crippen LogP contribution < -0.4 is 5.32 Å². The van der Waals surface area contributed by atoms with Gasteiger partial charge in [0.1, 0.15) is 0 Å². The Balaban J connectivity index is 0.000001000. The molecule has 1 rings (SSSR count). The molecule has 0 radical (unpaired) electrons. The average Bonchev–Trinajstić information content (AvgIpc) is 2.36. The first-order valence-corrected chi connectivity index (χ1v) is 3.17. The lowest BCUT2D eigenvalue weighted by Crippen LogP contribution is -2.36. The average molecular weight is 184 g/mol. The topological polar surface area (TPSA) is 38.3 Å². The van der Waals surface area contributed by atoms with E-state index in [0.717, 1.165) is 0 Å². The number of rotatable bonds is 1. The van der Waals surface area contributed by atoms with Crippen LogP contribution in [0.15, 0.2) is 0 Å². The number of carbonyl (C=O) groups excluding carboxylic acids is 1. The molecule has 1 unspecified atom stereocenters. The van der Waals surface area contributed by atoms with Crippen molar-refractivity contribution in [2.45, 2.75) is 12.1 Å². The number of hydrogen-bond donors (Lipinski definition) is 1. The summed E-state index contributed by atoms with van der Waals surface area (Å²) in [6.07, 6.45) is 0.222. The third-order valence-electron chi connectivity index (χ3n) is 1.65. The van der Waals surface area contributed by atoms with Crippen molar-refractivity contribution in [1.82, 2.24) is 5.32 Å².